The molecule has 0 spiro atoms. The molecule has 1 unspecified atom stereocenters. The topological polar surface area (TPSA) is 57.7 Å². The lowest BCUT2D eigenvalue weighted by atomic mass is 10.1. The summed E-state index contributed by atoms with van der Waals surface area (Å²) in [5.74, 6) is 0.0870. The van der Waals surface area contributed by atoms with Gasteiger partial charge in [-0.15, -0.1) is 0 Å². The van der Waals surface area contributed by atoms with Crippen molar-refractivity contribution in [1.29, 1.82) is 0 Å². The van der Waals surface area contributed by atoms with Gasteiger partial charge in [-0.05, 0) is 56.4 Å². The molecule has 2 aliphatic heterocycles. The summed E-state index contributed by atoms with van der Waals surface area (Å²) in [5, 5.41) is 0. The van der Waals surface area contributed by atoms with E-state index >= 15 is 0 Å². The van der Waals surface area contributed by atoms with Crippen LogP contribution in [0.25, 0.3) is 0 Å². The molecule has 0 saturated carbocycles. The maximum Gasteiger partial charge on any atom is 0.243 e. The lowest BCUT2D eigenvalue weighted by Gasteiger charge is -2.32. The highest BCUT2D eigenvalue weighted by atomic mass is 32.2. The molecule has 1 atom stereocenters. The SMILES string of the molecule is CC1CCCCN1S(=O)(=O)c1ccc2c(c1)CCCC(=O)N2C. The van der Waals surface area contributed by atoms with Crippen molar-refractivity contribution in [2.45, 2.75) is 56.4 Å². The molecule has 5 nitrogen and oxygen atoms in total. The summed E-state index contributed by atoms with van der Waals surface area (Å²) >= 11 is 0. The van der Waals surface area contributed by atoms with Gasteiger partial charge in [0.2, 0.25) is 15.9 Å². The molecule has 1 amide bonds. The van der Waals surface area contributed by atoms with Gasteiger partial charge < -0.3 is 4.90 Å². The molecule has 23 heavy (non-hydrogen) atoms. The summed E-state index contributed by atoms with van der Waals surface area (Å²) in [6, 6.07) is 5.24. The minimum Gasteiger partial charge on any atom is -0.315 e. The number of hydrogen-bond donors (Lipinski definition) is 0. The molecule has 0 N–H and O–H groups in total. The van der Waals surface area contributed by atoms with Crippen LogP contribution in [0, 0.1) is 0 Å². The van der Waals surface area contributed by atoms with E-state index < -0.39 is 10.0 Å². The van der Waals surface area contributed by atoms with Crippen molar-refractivity contribution < 1.29 is 13.2 Å². The molecular formula is C17H24N2O3S. The van der Waals surface area contributed by atoms with E-state index in [0.29, 0.717) is 17.9 Å². The molecular weight excluding hydrogens is 312 g/mol. The molecule has 3 rings (SSSR count). The minimum atomic E-state index is -3.46. The molecule has 0 aromatic heterocycles. The molecule has 2 aliphatic rings. The third-order valence-corrected chi connectivity index (χ3v) is 6.98. The van der Waals surface area contributed by atoms with Crippen LogP contribution in [0.15, 0.2) is 23.1 Å². The molecule has 2 heterocycles. The molecule has 1 aromatic carbocycles. The van der Waals surface area contributed by atoms with Gasteiger partial charge in [-0.2, -0.15) is 4.31 Å². The average Bonchev–Trinajstić information content (AvgIpc) is 2.67. The first-order valence-electron chi connectivity index (χ1n) is 8.32. The first kappa shape index (κ1) is 16.5. The highest BCUT2D eigenvalue weighted by Gasteiger charge is 2.31. The largest absolute Gasteiger partial charge is 0.315 e. The summed E-state index contributed by atoms with van der Waals surface area (Å²) < 4.78 is 27.5. The van der Waals surface area contributed by atoms with Gasteiger partial charge in [-0.3, -0.25) is 4.79 Å². The van der Waals surface area contributed by atoms with Gasteiger partial charge in [0.05, 0.1) is 4.90 Å². The Balaban J connectivity index is 1.98. The van der Waals surface area contributed by atoms with Crippen molar-refractivity contribution in [1.82, 2.24) is 4.31 Å². The van der Waals surface area contributed by atoms with Crippen LogP contribution in [0.4, 0.5) is 5.69 Å². The van der Waals surface area contributed by atoms with E-state index in [4.69, 9.17) is 0 Å². The average molecular weight is 336 g/mol. The third kappa shape index (κ3) is 3.02. The number of aryl methyl sites for hydroxylation is 1. The van der Waals surface area contributed by atoms with Gasteiger partial charge in [0, 0.05) is 31.7 Å². The number of nitrogens with zero attached hydrogens (tertiary/aromatic N) is 2. The summed E-state index contributed by atoms with van der Waals surface area (Å²) in [6.07, 6.45) is 4.94. The lowest BCUT2D eigenvalue weighted by molar-refractivity contribution is -0.118. The standard InChI is InChI=1S/C17H24N2O3S/c1-13-6-3-4-11-19(13)23(21,22)15-9-10-16-14(12-15)7-5-8-17(20)18(16)2/h9-10,12-13H,3-8,11H2,1-2H3. The fourth-order valence-electron chi connectivity index (χ4n) is 3.55. The molecule has 1 saturated heterocycles. The molecule has 126 valence electrons. The van der Waals surface area contributed by atoms with E-state index in [1.807, 2.05) is 6.92 Å². The van der Waals surface area contributed by atoms with Crippen LogP contribution in [-0.2, 0) is 21.2 Å². The minimum absolute atomic E-state index is 0.0526. The fraction of sp³-hybridized carbons (Fsp3) is 0.588. The maximum atomic E-state index is 13.0. The number of benzene rings is 1. The Morgan fingerprint density at radius 1 is 1.13 bits per heavy atom. The number of anilines is 1. The van der Waals surface area contributed by atoms with Crippen molar-refractivity contribution >= 4 is 21.6 Å². The highest BCUT2D eigenvalue weighted by molar-refractivity contribution is 7.89. The zero-order valence-electron chi connectivity index (χ0n) is 13.8. The predicted molar refractivity (Wildman–Crippen MR) is 90.0 cm³/mol. The predicted octanol–water partition coefficient (Wildman–Crippen LogP) is 2.55. The number of fused-ring (bicyclic) bond motifs is 1. The second-order valence-electron chi connectivity index (χ2n) is 6.56. The van der Waals surface area contributed by atoms with Gasteiger partial charge in [0.1, 0.15) is 0 Å². The van der Waals surface area contributed by atoms with Crippen molar-refractivity contribution in [3.05, 3.63) is 23.8 Å². The highest BCUT2D eigenvalue weighted by Crippen LogP contribution is 2.31. The Kier molecular flexibility index (Phi) is 4.47. The van der Waals surface area contributed by atoms with E-state index in [9.17, 15) is 13.2 Å². The number of carbonyl (C=O) groups excluding carboxylic acids is 1. The molecule has 0 aliphatic carbocycles. The summed E-state index contributed by atoms with van der Waals surface area (Å²) in [4.78, 5) is 13.9. The Labute approximate surface area is 138 Å². The van der Waals surface area contributed by atoms with Crippen LogP contribution >= 0.6 is 0 Å². The number of carbonyl (C=O) groups is 1. The fourth-order valence-corrected chi connectivity index (χ4v) is 5.30. The van der Waals surface area contributed by atoms with E-state index in [1.165, 1.54) is 0 Å². The molecule has 6 heteroatoms. The van der Waals surface area contributed by atoms with Crippen LogP contribution < -0.4 is 4.90 Å². The Morgan fingerprint density at radius 2 is 1.91 bits per heavy atom. The Hall–Kier alpha value is -1.40. The van der Waals surface area contributed by atoms with Crippen LogP contribution in [0.3, 0.4) is 0 Å². The van der Waals surface area contributed by atoms with Crippen molar-refractivity contribution in [2.75, 3.05) is 18.5 Å². The first-order chi connectivity index (χ1) is 10.9. The van der Waals surface area contributed by atoms with Crippen molar-refractivity contribution in [2.24, 2.45) is 0 Å². The van der Waals surface area contributed by atoms with E-state index in [-0.39, 0.29) is 11.9 Å². The number of sulfonamides is 1. The maximum absolute atomic E-state index is 13.0. The van der Waals surface area contributed by atoms with Crippen LogP contribution in [0.1, 0.15) is 44.6 Å². The van der Waals surface area contributed by atoms with E-state index in [0.717, 1.165) is 43.4 Å². The van der Waals surface area contributed by atoms with Crippen LogP contribution in [0.5, 0.6) is 0 Å². The summed E-state index contributed by atoms with van der Waals surface area (Å²) in [5.41, 5.74) is 1.78. The summed E-state index contributed by atoms with van der Waals surface area (Å²) in [7, 11) is -1.70. The van der Waals surface area contributed by atoms with Crippen LogP contribution in [-0.4, -0.2) is 38.3 Å². The Morgan fingerprint density at radius 3 is 2.65 bits per heavy atom. The van der Waals surface area contributed by atoms with Gasteiger partial charge in [0.15, 0.2) is 0 Å². The molecule has 0 bridgehead atoms. The van der Waals surface area contributed by atoms with Crippen LogP contribution in [0.2, 0.25) is 0 Å². The monoisotopic (exact) mass is 336 g/mol. The zero-order chi connectivity index (χ0) is 16.6. The molecule has 1 aromatic rings. The molecule has 1 fully saturated rings. The Bertz CT molecular complexity index is 715. The first-order valence-corrected chi connectivity index (χ1v) is 9.76. The van der Waals surface area contributed by atoms with Gasteiger partial charge in [-0.25, -0.2) is 8.42 Å². The summed E-state index contributed by atoms with van der Waals surface area (Å²) in [6.45, 7) is 2.57. The van der Waals surface area contributed by atoms with Crippen molar-refractivity contribution in [3.63, 3.8) is 0 Å². The third-order valence-electron chi connectivity index (χ3n) is 4.97. The zero-order valence-corrected chi connectivity index (χ0v) is 14.6. The van der Waals surface area contributed by atoms with Crippen molar-refractivity contribution in [3.8, 4) is 0 Å². The lowest BCUT2D eigenvalue weighted by Crippen LogP contribution is -2.41. The normalized spacial score (nSPS) is 23.5. The number of piperidine rings is 1. The quantitative estimate of drug-likeness (QED) is 0.834. The van der Waals surface area contributed by atoms with Gasteiger partial charge in [-0.1, -0.05) is 6.42 Å². The molecule has 0 radical (unpaired) electrons. The number of rotatable bonds is 2. The number of hydrogen-bond acceptors (Lipinski definition) is 3. The van der Waals surface area contributed by atoms with Gasteiger partial charge >= 0.3 is 0 Å². The number of amides is 1. The van der Waals surface area contributed by atoms with E-state index in [2.05, 4.69) is 0 Å². The van der Waals surface area contributed by atoms with Gasteiger partial charge in [0.25, 0.3) is 0 Å². The second kappa shape index (κ2) is 6.24. The van der Waals surface area contributed by atoms with E-state index in [1.54, 1.807) is 34.5 Å². The second-order valence-corrected chi connectivity index (χ2v) is 8.45. The smallest absolute Gasteiger partial charge is 0.243 e.